The van der Waals surface area contributed by atoms with Gasteiger partial charge in [0, 0.05) is 38.8 Å². The molecular formula is C13H26N4O3. The van der Waals surface area contributed by atoms with Crippen LogP contribution in [0.4, 0.5) is 4.79 Å². The van der Waals surface area contributed by atoms with Gasteiger partial charge >= 0.3 is 12.0 Å². The van der Waals surface area contributed by atoms with Gasteiger partial charge in [0.2, 0.25) is 0 Å². The Bertz CT molecular complexity index is 341. The van der Waals surface area contributed by atoms with Crippen LogP contribution < -0.4 is 5.32 Å². The first-order valence-corrected chi connectivity index (χ1v) is 6.99. The van der Waals surface area contributed by atoms with Gasteiger partial charge in [-0.25, -0.2) is 4.79 Å². The minimum absolute atomic E-state index is 0.0682. The number of likely N-dealkylation sites (N-methyl/N-ethyl adjacent to an activating group) is 1. The zero-order valence-electron chi connectivity index (χ0n) is 12.8. The molecular weight excluding hydrogens is 260 g/mol. The van der Waals surface area contributed by atoms with Crippen LogP contribution >= 0.6 is 0 Å². The van der Waals surface area contributed by atoms with Crippen molar-refractivity contribution in [1.29, 1.82) is 0 Å². The Morgan fingerprint density at radius 3 is 2.20 bits per heavy atom. The van der Waals surface area contributed by atoms with Gasteiger partial charge in [0.05, 0.1) is 0 Å². The largest absolute Gasteiger partial charge is 0.480 e. The Morgan fingerprint density at radius 1 is 1.20 bits per heavy atom. The Hall–Kier alpha value is -1.34. The molecule has 0 aromatic heterocycles. The van der Waals surface area contributed by atoms with Crippen molar-refractivity contribution in [2.24, 2.45) is 0 Å². The lowest BCUT2D eigenvalue weighted by Gasteiger charge is -2.36. The minimum atomic E-state index is -0.817. The lowest BCUT2D eigenvalue weighted by Crippen LogP contribution is -2.55. The van der Waals surface area contributed by atoms with Crippen molar-refractivity contribution >= 4 is 12.0 Å². The molecule has 1 saturated heterocycles. The summed E-state index contributed by atoms with van der Waals surface area (Å²) < 4.78 is 0. The van der Waals surface area contributed by atoms with E-state index in [4.69, 9.17) is 5.11 Å². The van der Waals surface area contributed by atoms with Gasteiger partial charge in [-0.3, -0.25) is 9.69 Å². The number of nitrogens with one attached hydrogen (secondary N) is 1. The van der Waals surface area contributed by atoms with Crippen LogP contribution in [0.1, 0.15) is 13.8 Å². The van der Waals surface area contributed by atoms with E-state index in [1.165, 1.54) is 0 Å². The van der Waals surface area contributed by atoms with Crippen molar-refractivity contribution in [3.05, 3.63) is 0 Å². The fraction of sp³-hybridized carbons (Fsp3) is 0.846. The summed E-state index contributed by atoms with van der Waals surface area (Å²) in [6, 6.07) is -0.275. The monoisotopic (exact) mass is 286 g/mol. The van der Waals surface area contributed by atoms with Crippen molar-refractivity contribution in [3.8, 4) is 0 Å². The van der Waals surface area contributed by atoms with Crippen LogP contribution in [0, 0.1) is 0 Å². The van der Waals surface area contributed by atoms with E-state index in [2.05, 4.69) is 5.32 Å². The second-order valence-corrected chi connectivity index (χ2v) is 5.54. The number of hydrogen-bond acceptors (Lipinski definition) is 4. The van der Waals surface area contributed by atoms with E-state index in [-0.39, 0.29) is 12.1 Å². The van der Waals surface area contributed by atoms with Crippen LogP contribution in [0.3, 0.4) is 0 Å². The Kier molecular flexibility index (Phi) is 6.22. The maximum Gasteiger partial charge on any atom is 0.320 e. The molecule has 0 spiro atoms. The highest BCUT2D eigenvalue weighted by Gasteiger charge is 2.27. The average Bonchev–Trinajstić information content (AvgIpc) is 2.43. The second-order valence-electron chi connectivity index (χ2n) is 5.54. The first-order chi connectivity index (χ1) is 9.32. The highest BCUT2D eigenvalue weighted by Crippen LogP contribution is 2.06. The molecule has 2 amide bonds. The molecule has 0 saturated carbocycles. The molecule has 0 radical (unpaired) electrons. The van der Waals surface area contributed by atoms with Crippen molar-refractivity contribution in [3.63, 3.8) is 0 Å². The molecule has 1 aliphatic rings. The van der Waals surface area contributed by atoms with Crippen LogP contribution in [0.2, 0.25) is 0 Å². The van der Waals surface area contributed by atoms with Gasteiger partial charge in [0.25, 0.3) is 0 Å². The molecule has 1 rings (SSSR count). The number of piperazine rings is 1. The van der Waals surface area contributed by atoms with Gasteiger partial charge in [0.15, 0.2) is 0 Å². The number of urea groups is 1. The van der Waals surface area contributed by atoms with Crippen LogP contribution in [-0.2, 0) is 4.79 Å². The van der Waals surface area contributed by atoms with E-state index in [1.807, 2.05) is 30.8 Å². The van der Waals surface area contributed by atoms with Gasteiger partial charge in [-0.15, -0.1) is 0 Å². The highest BCUT2D eigenvalue weighted by atomic mass is 16.4. The molecule has 0 aromatic carbocycles. The lowest BCUT2D eigenvalue weighted by atomic mass is 10.2. The maximum atomic E-state index is 12.0. The molecule has 7 nitrogen and oxygen atoms in total. The van der Waals surface area contributed by atoms with E-state index in [1.54, 1.807) is 11.8 Å². The SMILES string of the molecule is CC(CNC(=O)N1CCN(C(C)C(=O)O)CC1)N(C)C. The van der Waals surface area contributed by atoms with Gasteiger partial charge in [-0.2, -0.15) is 0 Å². The second kappa shape index (κ2) is 7.44. The van der Waals surface area contributed by atoms with E-state index >= 15 is 0 Å². The van der Waals surface area contributed by atoms with E-state index in [0.717, 1.165) is 0 Å². The van der Waals surface area contributed by atoms with Gasteiger partial charge in [-0.1, -0.05) is 0 Å². The number of rotatable bonds is 5. The Morgan fingerprint density at radius 2 is 1.75 bits per heavy atom. The van der Waals surface area contributed by atoms with E-state index < -0.39 is 12.0 Å². The van der Waals surface area contributed by atoms with Crippen LogP contribution in [-0.4, -0.2) is 90.7 Å². The molecule has 2 N–H and O–H groups in total. The predicted octanol–water partition coefficient (Wildman–Crippen LogP) is -0.263. The number of carbonyl (C=O) groups excluding carboxylic acids is 1. The Labute approximate surface area is 120 Å². The third kappa shape index (κ3) is 4.64. The molecule has 2 atom stereocenters. The van der Waals surface area contributed by atoms with Crippen LogP contribution in [0.15, 0.2) is 0 Å². The van der Waals surface area contributed by atoms with Crippen LogP contribution in [0.5, 0.6) is 0 Å². The van der Waals surface area contributed by atoms with Gasteiger partial charge < -0.3 is 20.2 Å². The molecule has 116 valence electrons. The topological polar surface area (TPSA) is 76.1 Å². The summed E-state index contributed by atoms with van der Waals surface area (Å²) >= 11 is 0. The number of carbonyl (C=O) groups is 2. The summed E-state index contributed by atoms with van der Waals surface area (Å²) in [5.74, 6) is -0.817. The molecule has 0 bridgehead atoms. The highest BCUT2D eigenvalue weighted by molar-refractivity contribution is 5.75. The fourth-order valence-electron chi connectivity index (χ4n) is 2.00. The van der Waals surface area contributed by atoms with Crippen molar-refractivity contribution < 1.29 is 14.7 Å². The number of hydrogen-bond donors (Lipinski definition) is 2. The number of nitrogens with zero attached hydrogens (tertiary/aromatic N) is 3. The normalized spacial score (nSPS) is 19.8. The summed E-state index contributed by atoms with van der Waals surface area (Å²) in [5, 5.41) is 11.9. The number of carboxylic acid groups (broad SMARTS) is 1. The number of aliphatic carboxylic acids is 1. The maximum absolute atomic E-state index is 12.0. The number of carboxylic acids is 1. The minimum Gasteiger partial charge on any atom is -0.480 e. The summed E-state index contributed by atoms with van der Waals surface area (Å²) in [7, 11) is 3.95. The quantitative estimate of drug-likeness (QED) is 0.728. The molecule has 1 fully saturated rings. The molecule has 1 heterocycles. The first-order valence-electron chi connectivity index (χ1n) is 6.99. The predicted molar refractivity (Wildman–Crippen MR) is 76.8 cm³/mol. The lowest BCUT2D eigenvalue weighted by molar-refractivity contribution is -0.143. The smallest absolute Gasteiger partial charge is 0.320 e. The standard InChI is InChI=1S/C13H26N4O3/c1-10(15(3)4)9-14-13(20)17-7-5-16(6-8-17)11(2)12(18)19/h10-11H,5-9H2,1-4H3,(H,14,20)(H,18,19). The fourth-order valence-corrected chi connectivity index (χ4v) is 2.00. The van der Waals surface area contributed by atoms with E-state index in [0.29, 0.717) is 32.7 Å². The summed E-state index contributed by atoms with van der Waals surface area (Å²) in [4.78, 5) is 28.6. The van der Waals surface area contributed by atoms with Crippen molar-refractivity contribution in [2.75, 3.05) is 46.8 Å². The Balaban J connectivity index is 2.34. The molecule has 2 unspecified atom stereocenters. The van der Waals surface area contributed by atoms with E-state index in [9.17, 15) is 9.59 Å². The molecule has 20 heavy (non-hydrogen) atoms. The zero-order valence-corrected chi connectivity index (χ0v) is 12.8. The average molecular weight is 286 g/mol. The third-order valence-corrected chi connectivity index (χ3v) is 3.94. The molecule has 7 heteroatoms. The zero-order chi connectivity index (χ0) is 15.3. The van der Waals surface area contributed by atoms with Gasteiger partial charge in [0.1, 0.15) is 6.04 Å². The summed E-state index contributed by atoms with van der Waals surface area (Å²) in [6.45, 7) is 6.68. The first kappa shape index (κ1) is 16.7. The van der Waals surface area contributed by atoms with Crippen molar-refractivity contribution in [2.45, 2.75) is 25.9 Å². The summed E-state index contributed by atoms with van der Waals surface area (Å²) in [6.07, 6.45) is 0. The third-order valence-electron chi connectivity index (χ3n) is 3.94. The molecule has 0 aliphatic carbocycles. The molecule has 0 aromatic rings. The summed E-state index contributed by atoms with van der Waals surface area (Å²) in [5.41, 5.74) is 0. The molecule has 1 aliphatic heterocycles. The van der Waals surface area contributed by atoms with Crippen LogP contribution in [0.25, 0.3) is 0 Å². The number of amides is 2. The van der Waals surface area contributed by atoms with Gasteiger partial charge in [-0.05, 0) is 27.9 Å². The van der Waals surface area contributed by atoms with Crippen molar-refractivity contribution in [1.82, 2.24) is 20.0 Å².